The third-order valence-electron chi connectivity index (χ3n) is 1.39. The summed E-state index contributed by atoms with van der Waals surface area (Å²) in [7, 11) is 0. The monoisotopic (exact) mass is 148 g/mol. The lowest BCUT2D eigenvalue weighted by Crippen LogP contribution is -1.81. The normalized spacial score (nSPS) is 8.91. The number of pyridine rings is 1. The lowest BCUT2D eigenvalue weighted by Gasteiger charge is -1.96. The van der Waals surface area contributed by atoms with Crippen molar-refractivity contribution in [1.82, 2.24) is 4.98 Å². The van der Waals surface area contributed by atoms with E-state index in [0.29, 0.717) is 5.69 Å². The summed E-state index contributed by atoms with van der Waals surface area (Å²) in [6.45, 7) is 3.77. The third-order valence-corrected chi connectivity index (χ3v) is 1.39. The average molecular weight is 148 g/mol. The van der Waals surface area contributed by atoms with Crippen LogP contribution in [0.5, 0.6) is 0 Å². The molecule has 1 aromatic heterocycles. The molecule has 0 bridgehead atoms. The third kappa shape index (κ3) is 1.72. The van der Waals surface area contributed by atoms with Crippen LogP contribution >= 0.6 is 0 Å². The first-order valence-electron chi connectivity index (χ1n) is 3.25. The highest BCUT2D eigenvalue weighted by Crippen LogP contribution is 2.15. The molecular weight excluding hydrogens is 140 g/mol. The van der Waals surface area contributed by atoms with Crippen LogP contribution in [0.15, 0.2) is 17.3 Å². The summed E-state index contributed by atoms with van der Waals surface area (Å²) in [5.41, 5.74) is 2.46. The van der Waals surface area contributed by atoms with Crippen molar-refractivity contribution in [3.63, 3.8) is 0 Å². The Labute approximate surface area is 64.8 Å². The molecule has 0 aliphatic heterocycles. The maximum atomic E-state index is 9.89. The molecule has 0 fully saturated rings. The molecule has 0 unspecified atom stereocenters. The Kier molecular flexibility index (Phi) is 2.14. The first-order chi connectivity index (χ1) is 5.24. The van der Waals surface area contributed by atoms with Gasteiger partial charge >= 0.3 is 0 Å². The number of aromatic nitrogens is 1. The number of nitrogens with zero attached hydrogens (tertiary/aromatic N) is 2. The van der Waals surface area contributed by atoms with Crippen molar-refractivity contribution in [2.24, 2.45) is 4.99 Å². The highest BCUT2D eigenvalue weighted by atomic mass is 16.1. The Morgan fingerprint density at radius 2 is 2.27 bits per heavy atom. The van der Waals surface area contributed by atoms with Crippen molar-refractivity contribution in [3.8, 4) is 0 Å². The zero-order chi connectivity index (χ0) is 8.27. The predicted octanol–water partition coefficient (Wildman–Crippen LogP) is 1.67. The molecule has 0 aromatic carbocycles. The van der Waals surface area contributed by atoms with Gasteiger partial charge in [-0.1, -0.05) is 0 Å². The number of rotatable bonds is 1. The topological polar surface area (TPSA) is 42.3 Å². The number of hydrogen-bond donors (Lipinski definition) is 0. The second-order valence-electron chi connectivity index (χ2n) is 2.32. The molecule has 0 atom stereocenters. The molecule has 0 N–H and O–H groups in total. The minimum atomic E-state index is 0.589. The number of isocyanates is 1. The van der Waals surface area contributed by atoms with Gasteiger partial charge < -0.3 is 0 Å². The van der Waals surface area contributed by atoms with Gasteiger partial charge in [0, 0.05) is 5.69 Å². The molecule has 0 radical (unpaired) electrons. The van der Waals surface area contributed by atoms with Gasteiger partial charge in [-0.25, -0.2) is 4.79 Å². The quantitative estimate of drug-likeness (QED) is 0.449. The zero-order valence-corrected chi connectivity index (χ0v) is 6.46. The van der Waals surface area contributed by atoms with Crippen LogP contribution in [0.3, 0.4) is 0 Å². The zero-order valence-electron chi connectivity index (χ0n) is 6.46. The van der Waals surface area contributed by atoms with Gasteiger partial charge in [-0.15, -0.1) is 0 Å². The highest BCUT2D eigenvalue weighted by molar-refractivity contribution is 5.51. The fraction of sp³-hybridized carbons (Fsp3) is 0.250. The Balaban J connectivity index is 3.19. The van der Waals surface area contributed by atoms with Crippen molar-refractivity contribution in [3.05, 3.63) is 23.5 Å². The number of carbonyl (C=O) groups excluding carboxylic acids is 1. The lowest BCUT2D eigenvalue weighted by atomic mass is 10.2. The van der Waals surface area contributed by atoms with Crippen molar-refractivity contribution in [2.75, 3.05) is 0 Å². The van der Waals surface area contributed by atoms with Crippen molar-refractivity contribution in [2.45, 2.75) is 13.8 Å². The maximum Gasteiger partial charge on any atom is 0.240 e. The molecule has 0 aliphatic carbocycles. The number of aliphatic imine (C=N–C) groups is 1. The fourth-order valence-corrected chi connectivity index (χ4v) is 0.856. The lowest BCUT2D eigenvalue weighted by molar-refractivity contribution is 0.565. The molecule has 0 aliphatic rings. The summed E-state index contributed by atoms with van der Waals surface area (Å²) >= 11 is 0. The molecule has 1 aromatic rings. The van der Waals surface area contributed by atoms with E-state index < -0.39 is 0 Å². The van der Waals surface area contributed by atoms with E-state index >= 15 is 0 Å². The van der Waals surface area contributed by atoms with Crippen LogP contribution in [0.25, 0.3) is 0 Å². The summed E-state index contributed by atoms with van der Waals surface area (Å²) in [6, 6.07) is 1.87. The summed E-state index contributed by atoms with van der Waals surface area (Å²) in [6.07, 6.45) is 3.04. The molecule has 0 spiro atoms. The van der Waals surface area contributed by atoms with Crippen LogP contribution in [0.1, 0.15) is 11.3 Å². The fourth-order valence-electron chi connectivity index (χ4n) is 0.856. The molecule has 3 heteroatoms. The van der Waals surface area contributed by atoms with Gasteiger partial charge in [0.15, 0.2) is 0 Å². The second kappa shape index (κ2) is 3.08. The highest BCUT2D eigenvalue weighted by Gasteiger charge is 1.95. The van der Waals surface area contributed by atoms with Crippen LogP contribution in [0.4, 0.5) is 5.69 Å². The van der Waals surface area contributed by atoms with Crippen molar-refractivity contribution in [1.29, 1.82) is 0 Å². The smallest absolute Gasteiger partial charge is 0.240 e. The Morgan fingerprint density at radius 1 is 1.55 bits per heavy atom. The molecule has 56 valence electrons. The molecule has 3 nitrogen and oxygen atoms in total. The molecule has 1 rings (SSSR count). The van der Waals surface area contributed by atoms with Gasteiger partial charge in [0.2, 0.25) is 6.08 Å². The van der Waals surface area contributed by atoms with Gasteiger partial charge in [0.05, 0.1) is 11.9 Å². The molecule has 11 heavy (non-hydrogen) atoms. The minimum absolute atomic E-state index is 0.589. The van der Waals surface area contributed by atoms with Crippen LogP contribution in [0.2, 0.25) is 0 Å². The van der Waals surface area contributed by atoms with Gasteiger partial charge in [-0.3, -0.25) is 4.98 Å². The molecule has 0 saturated heterocycles. The summed E-state index contributed by atoms with van der Waals surface area (Å²) < 4.78 is 0. The first kappa shape index (κ1) is 7.63. The van der Waals surface area contributed by atoms with Gasteiger partial charge in [0.1, 0.15) is 0 Å². The van der Waals surface area contributed by atoms with E-state index in [1.807, 2.05) is 19.9 Å². The SMILES string of the molecule is Cc1cc(C)c(N=C=O)cn1. The summed E-state index contributed by atoms with van der Waals surface area (Å²) in [5.74, 6) is 0. The van der Waals surface area contributed by atoms with Crippen LogP contribution in [-0.4, -0.2) is 11.1 Å². The van der Waals surface area contributed by atoms with Crippen LogP contribution in [-0.2, 0) is 4.79 Å². The summed E-state index contributed by atoms with van der Waals surface area (Å²) in [4.78, 5) is 17.4. The van der Waals surface area contributed by atoms with Crippen LogP contribution < -0.4 is 0 Å². The molecule has 0 amide bonds. The van der Waals surface area contributed by atoms with E-state index in [0.717, 1.165) is 11.3 Å². The number of aryl methyl sites for hydroxylation is 2. The van der Waals surface area contributed by atoms with E-state index in [1.165, 1.54) is 6.08 Å². The van der Waals surface area contributed by atoms with Crippen molar-refractivity contribution >= 4 is 11.8 Å². The first-order valence-corrected chi connectivity index (χ1v) is 3.25. The van der Waals surface area contributed by atoms with E-state index in [2.05, 4.69) is 9.98 Å². The predicted molar refractivity (Wildman–Crippen MR) is 41.5 cm³/mol. The Bertz CT molecular complexity index is 314. The molecule has 1 heterocycles. The van der Waals surface area contributed by atoms with E-state index in [1.54, 1.807) is 6.20 Å². The Hall–Kier alpha value is -1.47. The van der Waals surface area contributed by atoms with Gasteiger partial charge in [-0.2, -0.15) is 4.99 Å². The minimum Gasteiger partial charge on any atom is -0.259 e. The van der Waals surface area contributed by atoms with Crippen LogP contribution in [0, 0.1) is 13.8 Å². The second-order valence-corrected chi connectivity index (χ2v) is 2.32. The summed E-state index contributed by atoms with van der Waals surface area (Å²) in [5, 5.41) is 0. The Morgan fingerprint density at radius 3 is 2.82 bits per heavy atom. The van der Waals surface area contributed by atoms with Gasteiger partial charge in [0.25, 0.3) is 0 Å². The van der Waals surface area contributed by atoms with E-state index in [9.17, 15) is 4.79 Å². The molecular formula is C8H8N2O. The average Bonchev–Trinajstić information content (AvgIpc) is 1.95. The molecule has 0 saturated carbocycles. The van der Waals surface area contributed by atoms with E-state index in [-0.39, 0.29) is 0 Å². The maximum absolute atomic E-state index is 9.89. The standard InChI is InChI=1S/C8H8N2O/c1-6-3-7(2)9-4-8(6)10-5-11/h3-4H,1-2H3. The number of hydrogen-bond acceptors (Lipinski definition) is 3. The largest absolute Gasteiger partial charge is 0.259 e. The van der Waals surface area contributed by atoms with E-state index in [4.69, 9.17) is 0 Å². The van der Waals surface area contributed by atoms with Crippen molar-refractivity contribution < 1.29 is 4.79 Å². The van der Waals surface area contributed by atoms with Gasteiger partial charge in [-0.05, 0) is 25.5 Å².